The number of aromatic nitrogens is 3. The molecule has 2 rings (SSSR count). The van der Waals surface area contributed by atoms with E-state index < -0.39 is 5.97 Å². The first-order valence-electron chi connectivity index (χ1n) is 4.51. The number of hydrogen-bond acceptors (Lipinski definition) is 3. The molecule has 5 nitrogen and oxygen atoms in total. The van der Waals surface area contributed by atoms with Crippen molar-refractivity contribution in [1.29, 1.82) is 0 Å². The van der Waals surface area contributed by atoms with Crippen LogP contribution in [0.2, 0.25) is 0 Å². The van der Waals surface area contributed by atoms with Crippen molar-refractivity contribution in [2.45, 2.75) is 6.92 Å². The van der Waals surface area contributed by atoms with Crippen LogP contribution >= 0.6 is 22.6 Å². The van der Waals surface area contributed by atoms with Crippen molar-refractivity contribution in [1.82, 2.24) is 15.0 Å². The van der Waals surface area contributed by atoms with Crippen LogP contribution in [-0.2, 0) is 0 Å². The summed E-state index contributed by atoms with van der Waals surface area (Å²) in [5.41, 5.74) is 1.31. The highest BCUT2D eigenvalue weighted by atomic mass is 127. The van der Waals surface area contributed by atoms with Gasteiger partial charge in [0, 0.05) is 3.57 Å². The first kappa shape index (κ1) is 11.1. The zero-order chi connectivity index (χ0) is 11.7. The number of carboxylic acids is 1. The zero-order valence-corrected chi connectivity index (χ0v) is 10.5. The molecule has 0 radical (unpaired) electrons. The predicted octanol–water partition coefficient (Wildman–Crippen LogP) is 1.88. The monoisotopic (exact) mass is 329 g/mol. The Hall–Kier alpha value is -1.44. The summed E-state index contributed by atoms with van der Waals surface area (Å²) in [6.45, 7) is 1.68. The van der Waals surface area contributed by atoms with Crippen LogP contribution in [0.1, 0.15) is 16.2 Å². The van der Waals surface area contributed by atoms with Crippen molar-refractivity contribution < 1.29 is 9.90 Å². The maximum atomic E-state index is 10.8. The van der Waals surface area contributed by atoms with Gasteiger partial charge < -0.3 is 5.11 Å². The van der Waals surface area contributed by atoms with Crippen LogP contribution in [0.5, 0.6) is 0 Å². The average molecular weight is 329 g/mol. The number of hydrogen-bond donors (Lipinski definition) is 1. The van der Waals surface area contributed by atoms with E-state index in [1.807, 2.05) is 24.3 Å². The molecule has 1 N–H and O–H groups in total. The summed E-state index contributed by atoms with van der Waals surface area (Å²) in [5.74, 6) is -1.06. The van der Waals surface area contributed by atoms with Gasteiger partial charge in [-0.3, -0.25) is 0 Å². The largest absolute Gasteiger partial charge is 0.476 e. The van der Waals surface area contributed by atoms with E-state index in [0.29, 0.717) is 5.69 Å². The van der Waals surface area contributed by atoms with Gasteiger partial charge in [0.15, 0.2) is 5.69 Å². The van der Waals surface area contributed by atoms with Crippen molar-refractivity contribution >= 4 is 28.6 Å². The molecular weight excluding hydrogens is 321 g/mol. The second-order valence-electron chi connectivity index (χ2n) is 3.22. The molecular formula is C10H8IN3O2. The number of rotatable bonds is 2. The summed E-state index contributed by atoms with van der Waals surface area (Å²) in [7, 11) is 0. The van der Waals surface area contributed by atoms with Crippen molar-refractivity contribution in [3.05, 3.63) is 39.2 Å². The molecule has 0 atom stereocenters. The van der Waals surface area contributed by atoms with Crippen LogP contribution in [0.4, 0.5) is 0 Å². The van der Waals surface area contributed by atoms with Crippen LogP contribution in [-0.4, -0.2) is 26.1 Å². The molecule has 0 saturated heterocycles. The average Bonchev–Trinajstić information content (AvgIpc) is 2.61. The van der Waals surface area contributed by atoms with E-state index in [0.717, 1.165) is 9.26 Å². The zero-order valence-electron chi connectivity index (χ0n) is 8.38. The van der Waals surface area contributed by atoms with E-state index in [-0.39, 0.29) is 5.69 Å². The van der Waals surface area contributed by atoms with E-state index in [4.69, 9.17) is 5.11 Å². The van der Waals surface area contributed by atoms with Gasteiger partial charge in [-0.15, -0.1) is 5.10 Å². The minimum absolute atomic E-state index is 0.0152. The Labute approximate surface area is 105 Å². The van der Waals surface area contributed by atoms with Gasteiger partial charge in [-0.25, -0.2) is 9.48 Å². The maximum Gasteiger partial charge on any atom is 0.358 e. The van der Waals surface area contributed by atoms with Crippen LogP contribution < -0.4 is 0 Å². The Bertz CT molecular complexity index is 533. The molecule has 16 heavy (non-hydrogen) atoms. The second-order valence-corrected chi connectivity index (χ2v) is 4.46. The summed E-state index contributed by atoms with van der Waals surface area (Å²) in [4.78, 5) is 10.8. The third kappa shape index (κ3) is 1.92. The van der Waals surface area contributed by atoms with Gasteiger partial charge in [-0.2, -0.15) is 0 Å². The fourth-order valence-corrected chi connectivity index (χ4v) is 1.71. The van der Waals surface area contributed by atoms with Gasteiger partial charge in [-0.1, -0.05) is 5.21 Å². The summed E-state index contributed by atoms with van der Waals surface area (Å²) in [6, 6.07) is 7.60. The predicted molar refractivity (Wildman–Crippen MR) is 65.8 cm³/mol. The van der Waals surface area contributed by atoms with Crippen molar-refractivity contribution in [3.63, 3.8) is 0 Å². The van der Waals surface area contributed by atoms with Gasteiger partial charge >= 0.3 is 5.97 Å². The molecule has 1 aromatic carbocycles. The first-order valence-corrected chi connectivity index (χ1v) is 5.59. The summed E-state index contributed by atoms with van der Waals surface area (Å²) < 4.78 is 2.62. The molecule has 82 valence electrons. The van der Waals surface area contributed by atoms with Gasteiger partial charge in [0.2, 0.25) is 0 Å². The lowest BCUT2D eigenvalue weighted by molar-refractivity contribution is 0.0689. The van der Waals surface area contributed by atoms with Gasteiger partial charge in [0.1, 0.15) is 0 Å². The molecule has 0 spiro atoms. The quantitative estimate of drug-likeness (QED) is 0.855. The fourth-order valence-electron chi connectivity index (χ4n) is 1.35. The van der Waals surface area contributed by atoms with Crippen LogP contribution in [0.15, 0.2) is 24.3 Å². The maximum absolute atomic E-state index is 10.8. The number of benzene rings is 1. The third-order valence-corrected chi connectivity index (χ3v) is 2.89. The molecule has 0 aliphatic rings. The smallest absolute Gasteiger partial charge is 0.358 e. The van der Waals surface area contributed by atoms with E-state index in [1.54, 1.807) is 6.92 Å². The minimum atomic E-state index is -1.06. The van der Waals surface area contributed by atoms with Gasteiger partial charge in [-0.05, 0) is 53.8 Å². The second kappa shape index (κ2) is 4.20. The highest BCUT2D eigenvalue weighted by Gasteiger charge is 2.15. The van der Waals surface area contributed by atoms with Crippen molar-refractivity contribution in [2.75, 3.05) is 0 Å². The Morgan fingerprint density at radius 1 is 1.38 bits per heavy atom. The van der Waals surface area contributed by atoms with E-state index in [2.05, 4.69) is 32.9 Å². The van der Waals surface area contributed by atoms with Gasteiger partial charge in [0.25, 0.3) is 0 Å². The van der Waals surface area contributed by atoms with Crippen LogP contribution in [0.3, 0.4) is 0 Å². The summed E-state index contributed by atoms with van der Waals surface area (Å²) in [5, 5.41) is 16.3. The molecule has 2 aromatic rings. The molecule has 0 aliphatic carbocycles. The van der Waals surface area contributed by atoms with Gasteiger partial charge in [0.05, 0.1) is 11.4 Å². The lowest BCUT2D eigenvalue weighted by atomic mass is 10.3. The Morgan fingerprint density at radius 3 is 2.50 bits per heavy atom. The Kier molecular flexibility index (Phi) is 2.90. The molecule has 0 amide bonds. The normalized spacial score (nSPS) is 10.4. The van der Waals surface area contributed by atoms with E-state index in [1.165, 1.54) is 4.68 Å². The number of carbonyl (C=O) groups is 1. The van der Waals surface area contributed by atoms with Crippen LogP contribution in [0.25, 0.3) is 5.69 Å². The minimum Gasteiger partial charge on any atom is -0.476 e. The topological polar surface area (TPSA) is 68.0 Å². The highest BCUT2D eigenvalue weighted by Crippen LogP contribution is 2.14. The molecule has 0 fully saturated rings. The van der Waals surface area contributed by atoms with Crippen LogP contribution in [0, 0.1) is 10.5 Å². The molecule has 0 aliphatic heterocycles. The molecule has 0 unspecified atom stereocenters. The number of nitrogens with zero attached hydrogens (tertiary/aromatic N) is 3. The van der Waals surface area contributed by atoms with Crippen molar-refractivity contribution in [3.8, 4) is 5.69 Å². The number of halogens is 1. The standard InChI is InChI=1S/C10H8IN3O2/c1-6-9(10(15)16)12-13-14(6)8-4-2-7(11)3-5-8/h2-5H,1H3,(H,15,16). The lowest BCUT2D eigenvalue weighted by Crippen LogP contribution is -2.02. The SMILES string of the molecule is Cc1c(C(=O)O)nnn1-c1ccc(I)cc1. The van der Waals surface area contributed by atoms with Crippen molar-refractivity contribution in [2.24, 2.45) is 0 Å². The molecule has 6 heteroatoms. The lowest BCUT2D eigenvalue weighted by Gasteiger charge is -2.02. The third-order valence-electron chi connectivity index (χ3n) is 2.17. The number of aromatic carboxylic acids is 1. The molecule has 0 saturated carbocycles. The number of carboxylic acid groups (broad SMARTS) is 1. The van der Waals surface area contributed by atoms with E-state index >= 15 is 0 Å². The fraction of sp³-hybridized carbons (Fsp3) is 0.100. The van der Waals surface area contributed by atoms with E-state index in [9.17, 15) is 4.79 Å². The summed E-state index contributed by atoms with van der Waals surface area (Å²) in [6.07, 6.45) is 0. The Morgan fingerprint density at radius 2 is 2.00 bits per heavy atom. The summed E-state index contributed by atoms with van der Waals surface area (Å²) >= 11 is 2.20. The first-order chi connectivity index (χ1) is 7.59. The Balaban J connectivity index is 2.49. The molecule has 1 heterocycles. The molecule has 1 aromatic heterocycles. The molecule has 0 bridgehead atoms. The highest BCUT2D eigenvalue weighted by molar-refractivity contribution is 14.1.